The van der Waals surface area contributed by atoms with Crippen molar-refractivity contribution >= 4 is 15.9 Å². The highest BCUT2D eigenvalue weighted by Gasteiger charge is 2.34. The fourth-order valence-electron chi connectivity index (χ4n) is 3.51. The maximum Gasteiger partial charge on any atom is 0.133 e. The molecular formula is C16H23BrN2O. The Labute approximate surface area is 130 Å². The second-order valence-corrected chi connectivity index (χ2v) is 6.89. The van der Waals surface area contributed by atoms with E-state index in [2.05, 4.69) is 50.9 Å². The quantitative estimate of drug-likeness (QED) is 0.842. The number of hydrogen-bond donors (Lipinski definition) is 0. The molecule has 0 radical (unpaired) electrons. The van der Waals surface area contributed by atoms with Gasteiger partial charge >= 0.3 is 0 Å². The second kappa shape index (κ2) is 6.04. The first-order chi connectivity index (χ1) is 9.67. The number of ether oxygens (including phenoxy) is 1. The van der Waals surface area contributed by atoms with Crippen LogP contribution in [0.2, 0.25) is 0 Å². The van der Waals surface area contributed by atoms with Crippen LogP contribution in [0.3, 0.4) is 0 Å². The third kappa shape index (κ3) is 2.87. The molecular weight excluding hydrogens is 316 g/mol. The fraction of sp³-hybridized carbons (Fsp3) is 0.625. The topological polar surface area (TPSA) is 15.7 Å². The number of fused-ring (bicyclic) bond motifs is 1. The van der Waals surface area contributed by atoms with E-state index in [-0.39, 0.29) is 0 Å². The van der Waals surface area contributed by atoms with Crippen LogP contribution < -0.4 is 4.74 Å². The van der Waals surface area contributed by atoms with Crippen molar-refractivity contribution in [1.29, 1.82) is 0 Å². The van der Waals surface area contributed by atoms with Gasteiger partial charge in [-0.25, -0.2) is 0 Å². The van der Waals surface area contributed by atoms with Crippen molar-refractivity contribution < 1.29 is 4.74 Å². The van der Waals surface area contributed by atoms with E-state index in [1.807, 2.05) is 0 Å². The summed E-state index contributed by atoms with van der Waals surface area (Å²) in [6, 6.07) is 7.85. The summed E-state index contributed by atoms with van der Waals surface area (Å²) in [5.74, 6) is 0.905. The van der Waals surface area contributed by atoms with Crippen molar-refractivity contribution in [3.8, 4) is 5.75 Å². The molecule has 2 fully saturated rings. The van der Waals surface area contributed by atoms with Gasteiger partial charge < -0.3 is 4.74 Å². The van der Waals surface area contributed by atoms with Crippen LogP contribution in [0.5, 0.6) is 5.75 Å². The van der Waals surface area contributed by atoms with E-state index < -0.39 is 0 Å². The summed E-state index contributed by atoms with van der Waals surface area (Å²) in [6.45, 7) is 7.13. The number of piperazine rings is 1. The van der Waals surface area contributed by atoms with Gasteiger partial charge in [0.15, 0.2) is 0 Å². The van der Waals surface area contributed by atoms with E-state index in [0.717, 1.165) is 22.8 Å². The summed E-state index contributed by atoms with van der Waals surface area (Å²) in [6.07, 6.45) is 2.74. The van der Waals surface area contributed by atoms with Crippen LogP contribution in [0.25, 0.3) is 0 Å². The first-order valence-corrected chi connectivity index (χ1v) is 8.27. The Bertz CT molecular complexity index is 480. The summed E-state index contributed by atoms with van der Waals surface area (Å²) in [5, 5.41) is 0. The van der Waals surface area contributed by atoms with Gasteiger partial charge in [0, 0.05) is 31.7 Å². The minimum absolute atomic E-state index is 0.644. The monoisotopic (exact) mass is 338 g/mol. The van der Waals surface area contributed by atoms with Gasteiger partial charge in [-0.3, -0.25) is 9.80 Å². The van der Waals surface area contributed by atoms with Gasteiger partial charge in [-0.15, -0.1) is 0 Å². The molecule has 1 aromatic carbocycles. The first-order valence-electron chi connectivity index (χ1n) is 7.48. The molecule has 4 heteroatoms. The van der Waals surface area contributed by atoms with E-state index >= 15 is 0 Å². The molecule has 2 saturated heterocycles. The molecule has 2 aliphatic heterocycles. The molecule has 110 valence electrons. The number of methoxy groups -OCH3 is 1. The number of benzene rings is 1. The van der Waals surface area contributed by atoms with E-state index in [1.165, 1.54) is 38.0 Å². The molecule has 2 heterocycles. The van der Waals surface area contributed by atoms with Crippen molar-refractivity contribution in [2.75, 3.05) is 26.7 Å². The van der Waals surface area contributed by atoms with E-state index in [9.17, 15) is 0 Å². The third-order valence-electron chi connectivity index (χ3n) is 4.67. The molecule has 3 rings (SSSR count). The summed E-state index contributed by atoms with van der Waals surface area (Å²) in [5.41, 5.74) is 1.36. The number of nitrogens with zero attached hydrogens (tertiary/aromatic N) is 2. The average Bonchev–Trinajstić information content (AvgIpc) is 2.86. The van der Waals surface area contributed by atoms with Gasteiger partial charge in [0.05, 0.1) is 11.6 Å². The highest BCUT2D eigenvalue weighted by Crippen LogP contribution is 2.29. The fourth-order valence-corrected chi connectivity index (χ4v) is 4.10. The molecule has 3 nitrogen and oxygen atoms in total. The van der Waals surface area contributed by atoms with Crippen LogP contribution in [0, 0.1) is 0 Å². The lowest BCUT2D eigenvalue weighted by molar-refractivity contribution is 0.0540. The molecule has 0 N–H and O–H groups in total. The lowest BCUT2D eigenvalue weighted by atomic mass is 10.1. The van der Waals surface area contributed by atoms with Gasteiger partial charge in [0.1, 0.15) is 5.75 Å². The number of rotatable bonds is 3. The smallest absolute Gasteiger partial charge is 0.133 e. The summed E-state index contributed by atoms with van der Waals surface area (Å²) in [4.78, 5) is 5.30. The lowest BCUT2D eigenvalue weighted by Gasteiger charge is -2.42. The van der Waals surface area contributed by atoms with Crippen LogP contribution in [0.4, 0.5) is 0 Å². The molecule has 0 saturated carbocycles. The van der Waals surface area contributed by atoms with Gasteiger partial charge in [-0.2, -0.15) is 0 Å². The molecule has 0 aliphatic carbocycles. The molecule has 1 unspecified atom stereocenters. The van der Waals surface area contributed by atoms with Crippen molar-refractivity contribution in [2.24, 2.45) is 0 Å². The van der Waals surface area contributed by atoms with E-state index in [0.29, 0.717) is 6.04 Å². The Morgan fingerprint density at radius 3 is 2.95 bits per heavy atom. The second-order valence-electron chi connectivity index (χ2n) is 6.04. The Hall–Kier alpha value is -0.580. The summed E-state index contributed by atoms with van der Waals surface area (Å²) in [7, 11) is 1.71. The third-order valence-corrected chi connectivity index (χ3v) is 5.29. The van der Waals surface area contributed by atoms with Crippen LogP contribution in [0.1, 0.15) is 25.3 Å². The Balaban J connectivity index is 1.69. The van der Waals surface area contributed by atoms with Crippen LogP contribution in [-0.4, -0.2) is 48.6 Å². The molecule has 2 aliphatic rings. The maximum absolute atomic E-state index is 5.30. The number of hydrogen-bond acceptors (Lipinski definition) is 3. The van der Waals surface area contributed by atoms with Gasteiger partial charge in [-0.1, -0.05) is 6.07 Å². The zero-order chi connectivity index (χ0) is 14.1. The van der Waals surface area contributed by atoms with Gasteiger partial charge in [0.2, 0.25) is 0 Å². The van der Waals surface area contributed by atoms with Gasteiger partial charge in [0.25, 0.3) is 0 Å². The highest BCUT2D eigenvalue weighted by atomic mass is 79.9. The van der Waals surface area contributed by atoms with E-state index in [1.54, 1.807) is 7.11 Å². The first kappa shape index (κ1) is 14.4. The number of halogens is 1. The zero-order valence-electron chi connectivity index (χ0n) is 12.3. The normalized spacial score (nSPS) is 27.6. The van der Waals surface area contributed by atoms with Crippen LogP contribution in [-0.2, 0) is 6.54 Å². The predicted octanol–water partition coefficient (Wildman–Crippen LogP) is 3.13. The SMILES string of the molecule is COc1ccc(CN2CC3CCCN3C[C@H]2C)cc1Br. The summed E-state index contributed by atoms with van der Waals surface area (Å²) >= 11 is 3.58. The minimum Gasteiger partial charge on any atom is -0.496 e. The summed E-state index contributed by atoms with van der Waals surface area (Å²) < 4.78 is 6.35. The van der Waals surface area contributed by atoms with Gasteiger partial charge in [-0.05, 0) is 59.9 Å². The van der Waals surface area contributed by atoms with Crippen molar-refractivity contribution in [2.45, 2.75) is 38.4 Å². The molecule has 0 spiro atoms. The van der Waals surface area contributed by atoms with Crippen molar-refractivity contribution in [3.05, 3.63) is 28.2 Å². The molecule has 20 heavy (non-hydrogen) atoms. The largest absolute Gasteiger partial charge is 0.496 e. The molecule has 0 bridgehead atoms. The maximum atomic E-state index is 5.30. The van der Waals surface area contributed by atoms with E-state index in [4.69, 9.17) is 4.74 Å². The Morgan fingerprint density at radius 2 is 2.20 bits per heavy atom. The Morgan fingerprint density at radius 1 is 1.35 bits per heavy atom. The predicted molar refractivity (Wildman–Crippen MR) is 85.2 cm³/mol. The molecule has 0 aromatic heterocycles. The van der Waals surface area contributed by atoms with Crippen LogP contribution >= 0.6 is 15.9 Å². The average molecular weight is 339 g/mol. The molecule has 2 atom stereocenters. The minimum atomic E-state index is 0.644. The zero-order valence-corrected chi connectivity index (χ0v) is 13.9. The van der Waals surface area contributed by atoms with Crippen LogP contribution in [0.15, 0.2) is 22.7 Å². The van der Waals surface area contributed by atoms with Crippen molar-refractivity contribution in [3.63, 3.8) is 0 Å². The molecule has 1 aromatic rings. The molecule has 0 amide bonds. The lowest BCUT2D eigenvalue weighted by Crippen LogP contribution is -2.54. The van der Waals surface area contributed by atoms with Crippen molar-refractivity contribution in [1.82, 2.24) is 9.80 Å². The highest BCUT2D eigenvalue weighted by molar-refractivity contribution is 9.10. The standard InChI is InChI=1S/C16H23BrN2O/c1-12-9-18-7-3-4-14(18)11-19(12)10-13-5-6-16(20-2)15(17)8-13/h5-6,8,12,14H,3-4,7,9-11H2,1-2H3/t12-,14?/m1/s1. The Kier molecular flexibility index (Phi) is 4.34.